The summed E-state index contributed by atoms with van der Waals surface area (Å²) in [7, 11) is 1.30. The summed E-state index contributed by atoms with van der Waals surface area (Å²) in [4.78, 5) is 20.0. The first-order chi connectivity index (χ1) is 10.6. The number of carbonyl (C=O) groups is 1. The van der Waals surface area contributed by atoms with Crippen LogP contribution in [0.3, 0.4) is 0 Å². The minimum absolute atomic E-state index is 0.138. The molecular weight excluding hydrogens is 372 g/mol. The lowest BCUT2D eigenvalue weighted by Crippen LogP contribution is -2.13. The van der Waals surface area contributed by atoms with Crippen molar-refractivity contribution in [3.05, 3.63) is 51.6 Å². The minimum Gasteiger partial charge on any atom is -0.463 e. The minimum atomic E-state index is -0.538. The van der Waals surface area contributed by atoms with Gasteiger partial charge in [-0.25, -0.2) is 9.48 Å². The first-order valence-electron chi connectivity index (χ1n) is 6.29. The van der Waals surface area contributed by atoms with Gasteiger partial charge in [-0.3, -0.25) is 4.98 Å². The number of esters is 1. The van der Waals surface area contributed by atoms with E-state index in [-0.39, 0.29) is 5.82 Å². The predicted octanol–water partition coefficient (Wildman–Crippen LogP) is 3.08. The lowest BCUT2D eigenvalue weighted by atomic mass is 10.1. The number of benzene rings is 1. The van der Waals surface area contributed by atoms with Crippen LogP contribution < -0.4 is 0 Å². The molecule has 0 unspecified atom stereocenters. The molecule has 0 fully saturated rings. The van der Waals surface area contributed by atoms with Gasteiger partial charge in [0.25, 0.3) is 0 Å². The first kappa shape index (κ1) is 14.9. The van der Waals surface area contributed by atoms with Crippen molar-refractivity contribution in [1.82, 2.24) is 19.7 Å². The van der Waals surface area contributed by atoms with Crippen LogP contribution in [-0.4, -0.2) is 32.8 Å². The molecule has 0 saturated carbocycles. The molecule has 0 spiro atoms. The zero-order chi connectivity index (χ0) is 15.7. The Bertz CT molecular complexity index is 865. The third kappa shape index (κ3) is 2.95. The van der Waals surface area contributed by atoms with E-state index in [1.807, 2.05) is 24.3 Å². The van der Waals surface area contributed by atoms with Crippen LogP contribution in [0.15, 0.2) is 35.2 Å². The van der Waals surface area contributed by atoms with Crippen LogP contribution in [0, 0.1) is 0 Å². The Kier molecular flexibility index (Phi) is 4.08. The fourth-order valence-electron chi connectivity index (χ4n) is 2.09. The number of hydrogen-bond acceptors (Lipinski definition) is 5. The Morgan fingerprint density at radius 2 is 2.23 bits per heavy atom. The molecule has 6 nitrogen and oxygen atoms in total. The van der Waals surface area contributed by atoms with Crippen molar-refractivity contribution in [1.29, 1.82) is 0 Å². The molecule has 0 aliphatic rings. The molecule has 2 heterocycles. The number of nitrogens with zero attached hydrogens (tertiary/aromatic N) is 4. The molecular formula is C14H10BrClN4O2. The van der Waals surface area contributed by atoms with E-state index in [0.717, 1.165) is 16.5 Å². The number of hydrogen-bond donors (Lipinski definition) is 0. The predicted molar refractivity (Wildman–Crippen MR) is 84.9 cm³/mol. The number of ether oxygens (including phenoxy) is 1. The Hall–Kier alpha value is -1.99. The van der Waals surface area contributed by atoms with Gasteiger partial charge in [0.2, 0.25) is 10.6 Å². The van der Waals surface area contributed by atoms with E-state index >= 15 is 0 Å². The summed E-state index contributed by atoms with van der Waals surface area (Å²) < 4.78 is 6.52. The second-order valence-electron chi connectivity index (χ2n) is 4.53. The highest BCUT2D eigenvalue weighted by Crippen LogP contribution is 2.19. The number of aromatic nitrogens is 4. The van der Waals surface area contributed by atoms with Gasteiger partial charge < -0.3 is 4.74 Å². The number of rotatable bonds is 3. The third-order valence-electron chi connectivity index (χ3n) is 3.06. The van der Waals surface area contributed by atoms with Crippen molar-refractivity contribution in [2.24, 2.45) is 0 Å². The maximum Gasteiger partial charge on any atom is 0.375 e. The van der Waals surface area contributed by atoms with Crippen LogP contribution in [0.4, 0.5) is 0 Å². The number of carbonyl (C=O) groups excluding carboxylic acids is 1. The van der Waals surface area contributed by atoms with E-state index in [4.69, 9.17) is 16.3 Å². The largest absolute Gasteiger partial charge is 0.463 e. The molecule has 0 atom stereocenters. The Labute approximate surface area is 139 Å². The fraction of sp³-hybridized carbons (Fsp3) is 0.143. The lowest BCUT2D eigenvalue weighted by molar-refractivity contribution is 0.0580. The highest BCUT2D eigenvalue weighted by Gasteiger charge is 2.17. The molecule has 22 heavy (non-hydrogen) atoms. The van der Waals surface area contributed by atoms with E-state index in [1.165, 1.54) is 11.8 Å². The standard InChI is InChI=1S/C14H10BrClN4O2/c1-22-13(21)12-18-14(15)19-20(12)7-8-2-3-11-9(4-8)5-10(16)6-17-11/h2-6H,7H2,1H3. The van der Waals surface area contributed by atoms with Gasteiger partial charge in [0.1, 0.15) is 0 Å². The first-order valence-corrected chi connectivity index (χ1v) is 7.47. The number of halogens is 2. The molecule has 0 saturated heterocycles. The highest BCUT2D eigenvalue weighted by atomic mass is 79.9. The summed E-state index contributed by atoms with van der Waals surface area (Å²) in [6.45, 7) is 0.380. The summed E-state index contributed by atoms with van der Waals surface area (Å²) >= 11 is 9.13. The molecule has 1 aromatic carbocycles. The maximum atomic E-state index is 11.7. The van der Waals surface area contributed by atoms with Crippen molar-refractivity contribution >= 4 is 44.4 Å². The molecule has 8 heteroatoms. The van der Waals surface area contributed by atoms with Gasteiger partial charge in [-0.1, -0.05) is 17.7 Å². The van der Waals surface area contributed by atoms with Gasteiger partial charge >= 0.3 is 5.97 Å². The molecule has 0 bridgehead atoms. The Morgan fingerprint density at radius 3 is 3.00 bits per heavy atom. The van der Waals surface area contributed by atoms with Crippen molar-refractivity contribution in [3.8, 4) is 0 Å². The van der Waals surface area contributed by atoms with Gasteiger partial charge in [0, 0.05) is 11.6 Å². The topological polar surface area (TPSA) is 69.9 Å². The number of fused-ring (bicyclic) bond motifs is 1. The summed E-state index contributed by atoms with van der Waals surface area (Å²) in [6.07, 6.45) is 1.60. The number of methoxy groups -OCH3 is 1. The Balaban J connectivity index is 1.98. The van der Waals surface area contributed by atoms with Crippen molar-refractivity contribution in [2.45, 2.75) is 6.54 Å². The second-order valence-corrected chi connectivity index (χ2v) is 5.68. The van der Waals surface area contributed by atoms with E-state index in [0.29, 0.717) is 16.3 Å². The molecule has 3 aromatic rings. The average molecular weight is 382 g/mol. The monoisotopic (exact) mass is 380 g/mol. The summed E-state index contributed by atoms with van der Waals surface area (Å²) in [5, 5.41) is 5.65. The van der Waals surface area contributed by atoms with Crippen LogP contribution in [0.2, 0.25) is 5.02 Å². The second kappa shape index (κ2) is 6.02. The van der Waals surface area contributed by atoms with Gasteiger partial charge in [-0.05, 0) is 39.7 Å². The van der Waals surface area contributed by atoms with Crippen molar-refractivity contribution in [3.63, 3.8) is 0 Å². The van der Waals surface area contributed by atoms with Crippen LogP contribution >= 0.6 is 27.5 Å². The molecule has 0 radical (unpaired) electrons. The SMILES string of the molecule is COC(=O)c1nc(Br)nn1Cc1ccc2ncc(Cl)cc2c1. The van der Waals surface area contributed by atoms with Crippen LogP contribution in [0.1, 0.15) is 16.2 Å². The molecule has 0 aliphatic carbocycles. The van der Waals surface area contributed by atoms with Crippen molar-refractivity contribution < 1.29 is 9.53 Å². The zero-order valence-electron chi connectivity index (χ0n) is 11.5. The molecule has 0 aliphatic heterocycles. The van der Waals surface area contributed by atoms with Crippen LogP contribution in [0.5, 0.6) is 0 Å². The number of pyridine rings is 1. The Morgan fingerprint density at radius 1 is 1.41 bits per heavy atom. The van der Waals surface area contributed by atoms with Crippen LogP contribution in [-0.2, 0) is 11.3 Å². The van der Waals surface area contributed by atoms with E-state index in [2.05, 4.69) is 31.0 Å². The fourth-order valence-corrected chi connectivity index (χ4v) is 2.62. The van der Waals surface area contributed by atoms with E-state index < -0.39 is 5.97 Å². The lowest BCUT2D eigenvalue weighted by Gasteiger charge is -2.06. The van der Waals surface area contributed by atoms with Gasteiger partial charge in [0.15, 0.2) is 0 Å². The van der Waals surface area contributed by atoms with E-state index in [1.54, 1.807) is 6.20 Å². The summed E-state index contributed by atoms with van der Waals surface area (Å²) in [5.41, 5.74) is 1.79. The molecule has 0 N–H and O–H groups in total. The van der Waals surface area contributed by atoms with Crippen molar-refractivity contribution in [2.75, 3.05) is 7.11 Å². The molecule has 0 amide bonds. The van der Waals surface area contributed by atoms with Gasteiger partial charge in [-0.2, -0.15) is 4.98 Å². The average Bonchev–Trinajstić information content (AvgIpc) is 2.86. The van der Waals surface area contributed by atoms with Crippen LogP contribution in [0.25, 0.3) is 10.9 Å². The van der Waals surface area contributed by atoms with Gasteiger partial charge in [0.05, 0.1) is 24.2 Å². The zero-order valence-corrected chi connectivity index (χ0v) is 13.8. The normalized spacial score (nSPS) is 10.9. The van der Waals surface area contributed by atoms with E-state index in [9.17, 15) is 4.79 Å². The maximum absolute atomic E-state index is 11.7. The highest BCUT2D eigenvalue weighted by molar-refractivity contribution is 9.10. The summed E-state index contributed by atoms with van der Waals surface area (Å²) in [6, 6.07) is 7.60. The van der Waals surface area contributed by atoms with Gasteiger partial charge in [-0.15, -0.1) is 5.10 Å². The molecule has 112 valence electrons. The quantitative estimate of drug-likeness (QED) is 0.652. The molecule has 3 rings (SSSR count). The summed E-state index contributed by atoms with van der Waals surface area (Å²) in [5.74, 6) is -0.401. The molecule has 2 aromatic heterocycles. The smallest absolute Gasteiger partial charge is 0.375 e. The third-order valence-corrected chi connectivity index (χ3v) is 3.60.